The molecule has 1 N–H and O–H groups in total. The van der Waals surface area contributed by atoms with Crippen LogP contribution in [0.5, 0.6) is 0 Å². The smallest absolute Gasteiger partial charge is 0.00722 e. The molecular weight excluding hydrogens is 170 g/mol. The number of nitrogens with one attached hydrogen (secondary N) is 1. The molecule has 0 aromatic carbocycles. The van der Waals surface area contributed by atoms with Crippen molar-refractivity contribution in [3.05, 3.63) is 0 Å². The molecule has 2 atom stereocenters. The number of hydrogen-bond acceptors (Lipinski definition) is 1. The second-order valence-corrected chi connectivity index (χ2v) is 5.82. The van der Waals surface area contributed by atoms with E-state index in [1.54, 1.807) is 0 Å². The molecule has 1 nitrogen and oxygen atoms in total. The Kier molecular flexibility index (Phi) is 3.48. The van der Waals surface area contributed by atoms with E-state index in [0.29, 0.717) is 0 Å². The third-order valence-corrected chi connectivity index (χ3v) is 4.10. The van der Waals surface area contributed by atoms with Crippen molar-refractivity contribution >= 4 is 0 Å². The molecule has 0 radical (unpaired) electrons. The van der Waals surface area contributed by atoms with Crippen molar-refractivity contribution in [1.82, 2.24) is 5.32 Å². The maximum atomic E-state index is 3.78. The first-order valence-corrected chi connectivity index (χ1v) is 6.47. The SMILES string of the molecule is CC1CC(C)CC(NCC2CCC2)C1. The van der Waals surface area contributed by atoms with Crippen LogP contribution in [0.3, 0.4) is 0 Å². The van der Waals surface area contributed by atoms with Crippen LogP contribution in [-0.2, 0) is 0 Å². The molecule has 2 fully saturated rings. The standard InChI is InChI=1S/C13H25N/c1-10-6-11(2)8-13(7-10)14-9-12-4-3-5-12/h10-14H,3-9H2,1-2H3. The summed E-state index contributed by atoms with van der Waals surface area (Å²) in [5.74, 6) is 2.90. The van der Waals surface area contributed by atoms with Gasteiger partial charge in [0, 0.05) is 6.04 Å². The van der Waals surface area contributed by atoms with E-state index in [1.165, 1.54) is 45.1 Å². The summed E-state index contributed by atoms with van der Waals surface area (Å²) in [6.45, 7) is 6.12. The molecule has 2 rings (SSSR count). The van der Waals surface area contributed by atoms with Crippen molar-refractivity contribution in [3.63, 3.8) is 0 Å². The van der Waals surface area contributed by atoms with Crippen molar-refractivity contribution in [2.24, 2.45) is 17.8 Å². The van der Waals surface area contributed by atoms with Gasteiger partial charge < -0.3 is 5.32 Å². The van der Waals surface area contributed by atoms with Crippen molar-refractivity contribution in [1.29, 1.82) is 0 Å². The Labute approximate surface area is 88.7 Å². The van der Waals surface area contributed by atoms with Crippen LogP contribution >= 0.6 is 0 Å². The first kappa shape index (κ1) is 10.5. The largest absolute Gasteiger partial charge is 0.314 e. The van der Waals surface area contributed by atoms with E-state index >= 15 is 0 Å². The van der Waals surface area contributed by atoms with Crippen molar-refractivity contribution < 1.29 is 0 Å². The summed E-state index contributed by atoms with van der Waals surface area (Å²) in [5, 5.41) is 3.78. The number of hydrogen-bond donors (Lipinski definition) is 1. The summed E-state index contributed by atoms with van der Waals surface area (Å²) in [7, 11) is 0. The van der Waals surface area contributed by atoms with Gasteiger partial charge in [-0.1, -0.05) is 20.3 Å². The molecule has 0 saturated heterocycles. The molecule has 0 aromatic rings. The van der Waals surface area contributed by atoms with Crippen LogP contribution < -0.4 is 5.32 Å². The fourth-order valence-electron chi connectivity index (χ4n) is 3.14. The molecular formula is C13H25N. The normalized spacial score (nSPS) is 39.4. The van der Waals surface area contributed by atoms with Crippen LogP contribution in [0.4, 0.5) is 0 Å². The van der Waals surface area contributed by atoms with Crippen LogP contribution in [0.1, 0.15) is 52.4 Å². The molecule has 2 aliphatic carbocycles. The molecule has 0 aliphatic heterocycles. The summed E-state index contributed by atoms with van der Waals surface area (Å²) in [6, 6.07) is 0.828. The van der Waals surface area contributed by atoms with E-state index in [9.17, 15) is 0 Å². The monoisotopic (exact) mass is 195 g/mol. The molecule has 82 valence electrons. The zero-order valence-electron chi connectivity index (χ0n) is 9.76. The highest BCUT2D eigenvalue weighted by atomic mass is 14.9. The van der Waals surface area contributed by atoms with Gasteiger partial charge in [-0.15, -0.1) is 0 Å². The van der Waals surface area contributed by atoms with E-state index < -0.39 is 0 Å². The Morgan fingerprint density at radius 1 is 1.00 bits per heavy atom. The van der Waals surface area contributed by atoms with Gasteiger partial charge in [0.25, 0.3) is 0 Å². The average molecular weight is 195 g/mol. The minimum absolute atomic E-state index is 0.828. The van der Waals surface area contributed by atoms with Crippen LogP contribution in [0.15, 0.2) is 0 Å². The second-order valence-electron chi connectivity index (χ2n) is 5.82. The molecule has 0 aromatic heterocycles. The summed E-state index contributed by atoms with van der Waals surface area (Å²) < 4.78 is 0. The minimum Gasteiger partial charge on any atom is -0.314 e. The van der Waals surface area contributed by atoms with Gasteiger partial charge in [-0.25, -0.2) is 0 Å². The Balaban J connectivity index is 1.68. The van der Waals surface area contributed by atoms with Gasteiger partial charge in [-0.3, -0.25) is 0 Å². The third kappa shape index (κ3) is 2.73. The van der Waals surface area contributed by atoms with Crippen LogP contribution in [0.2, 0.25) is 0 Å². The van der Waals surface area contributed by atoms with Crippen molar-refractivity contribution in [2.45, 2.75) is 58.4 Å². The van der Waals surface area contributed by atoms with Crippen molar-refractivity contribution in [2.75, 3.05) is 6.54 Å². The summed E-state index contributed by atoms with van der Waals surface area (Å²) >= 11 is 0. The van der Waals surface area contributed by atoms with Gasteiger partial charge in [0.15, 0.2) is 0 Å². The highest BCUT2D eigenvalue weighted by molar-refractivity contribution is 4.81. The van der Waals surface area contributed by atoms with Gasteiger partial charge in [0.05, 0.1) is 0 Å². The first-order chi connectivity index (χ1) is 6.74. The summed E-state index contributed by atoms with van der Waals surface area (Å²) in [6.07, 6.45) is 8.70. The molecule has 0 heterocycles. The fraction of sp³-hybridized carbons (Fsp3) is 1.00. The van der Waals surface area contributed by atoms with Crippen LogP contribution in [0, 0.1) is 17.8 Å². The Bertz CT molecular complexity index is 164. The predicted molar refractivity (Wildman–Crippen MR) is 61.3 cm³/mol. The average Bonchev–Trinajstić information content (AvgIpc) is 1.99. The van der Waals surface area contributed by atoms with E-state index in [0.717, 1.165) is 23.8 Å². The molecule has 2 unspecified atom stereocenters. The second kappa shape index (κ2) is 4.65. The summed E-state index contributed by atoms with van der Waals surface area (Å²) in [4.78, 5) is 0. The Morgan fingerprint density at radius 3 is 2.14 bits per heavy atom. The lowest BCUT2D eigenvalue weighted by atomic mass is 9.79. The van der Waals surface area contributed by atoms with Crippen LogP contribution in [0.25, 0.3) is 0 Å². The van der Waals surface area contributed by atoms with E-state index in [2.05, 4.69) is 19.2 Å². The van der Waals surface area contributed by atoms with E-state index in [4.69, 9.17) is 0 Å². The van der Waals surface area contributed by atoms with E-state index in [1.807, 2.05) is 0 Å². The molecule has 1 heteroatoms. The summed E-state index contributed by atoms with van der Waals surface area (Å²) in [5.41, 5.74) is 0. The zero-order valence-corrected chi connectivity index (χ0v) is 9.76. The maximum Gasteiger partial charge on any atom is 0.00722 e. The maximum absolute atomic E-state index is 3.78. The molecule has 0 bridgehead atoms. The first-order valence-electron chi connectivity index (χ1n) is 6.47. The molecule has 0 spiro atoms. The van der Waals surface area contributed by atoms with Gasteiger partial charge in [-0.05, 0) is 56.4 Å². The van der Waals surface area contributed by atoms with Gasteiger partial charge in [0.1, 0.15) is 0 Å². The van der Waals surface area contributed by atoms with E-state index in [-0.39, 0.29) is 0 Å². The molecule has 2 aliphatic rings. The molecule has 14 heavy (non-hydrogen) atoms. The number of rotatable bonds is 3. The Hall–Kier alpha value is -0.0400. The quantitative estimate of drug-likeness (QED) is 0.729. The zero-order chi connectivity index (χ0) is 9.97. The highest BCUT2D eigenvalue weighted by Crippen LogP contribution is 2.30. The minimum atomic E-state index is 0.828. The van der Waals surface area contributed by atoms with Crippen LogP contribution in [-0.4, -0.2) is 12.6 Å². The van der Waals surface area contributed by atoms with Crippen molar-refractivity contribution in [3.8, 4) is 0 Å². The molecule has 2 saturated carbocycles. The predicted octanol–water partition coefficient (Wildman–Crippen LogP) is 3.20. The Morgan fingerprint density at radius 2 is 1.64 bits per heavy atom. The molecule has 0 amide bonds. The lowest BCUT2D eigenvalue weighted by molar-refractivity contribution is 0.214. The highest BCUT2D eigenvalue weighted by Gasteiger charge is 2.25. The lowest BCUT2D eigenvalue weighted by Crippen LogP contribution is -2.40. The fourth-order valence-corrected chi connectivity index (χ4v) is 3.14. The lowest BCUT2D eigenvalue weighted by Gasteiger charge is -2.34. The topological polar surface area (TPSA) is 12.0 Å². The van der Waals surface area contributed by atoms with Gasteiger partial charge >= 0.3 is 0 Å². The van der Waals surface area contributed by atoms with Gasteiger partial charge in [0.2, 0.25) is 0 Å². The third-order valence-electron chi connectivity index (χ3n) is 4.10. The van der Waals surface area contributed by atoms with Gasteiger partial charge in [-0.2, -0.15) is 0 Å².